The molecule has 0 aromatic rings. The number of aliphatic hydroxyl groups is 1. The summed E-state index contributed by atoms with van der Waals surface area (Å²) >= 11 is 0. The molecule has 1 unspecified atom stereocenters. The summed E-state index contributed by atoms with van der Waals surface area (Å²) in [4.78, 5) is 13.5. The fraction of sp³-hybridized carbons (Fsp3) is 0.727. The molecule has 0 radical (unpaired) electrons. The van der Waals surface area contributed by atoms with Gasteiger partial charge in [0.25, 0.3) is 0 Å². The van der Waals surface area contributed by atoms with Gasteiger partial charge in [-0.2, -0.15) is 0 Å². The summed E-state index contributed by atoms with van der Waals surface area (Å²) in [6.07, 6.45) is 3.68. The number of allylic oxidation sites excluding steroid dienone is 1. The fourth-order valence-electron chi connectivity index (χ4n) is 1.65. The van der Waals surface area contributed by atoms with Gasteiger partial charge in [0.2, 0.25) is 5.91 Å². The monoisotopic (exact) mass is 212 g/mol. The van der Waals surface area contributed by atoms with E-state index in [1.165, 1.54) is 0 Å². The van der Waals surface area contributed by atoms with Crippen molar-refractivity contribution in [2.24, 2.45) is 0 Å². The number of β-amino-alcohol motifs (C(OH)–C–C–N with tert-alkyl or cyclic N) is 1. The van der Waals surface area contributed by atoms with E-state index in [1.807, 2.05) is 20.0 Å². The van der Waals surface area contributed by atoms with Crippen molar-refractivity contribution in [2.75, 3.05) is 20.1 Å². The molecule has 86 valence electrons. The van der Waals surface area contributed by atoms with Crippen molar-refractivity contribution < 1.29 is 9.90 Å². The van der Waals surface area contributed by atoms with E-state index >= 15 is 0 Å². The minimum absolute atomic E-state index is 0.100. The van der Waals surface area contributed by atoms with Gasteiger partial charge in [-0.05, 0) is 19.8 Å². The highest BCUT2D eigenvalue weighted by molar-refractivity contribution is 5.77. The molecule has 1 fully saturated rings. The molecule has 1 aliphatic heterocycles. The molecule has 2 N–H and O–H groups in total. The second-order valence-electron chi connectivity index (χ2n) is 3.98. The average Bonchev–Trinajstić information content (AvgIpc) is 2.25. The topological polar surface area (TPSA) is 52.6 Å². The van der Waals surface area contributed by atoms with Crippen LogP contribution in [-0.2, 0) is 4.79 Å². The summed E-state index contributed by atoms with van der Waals surface area (Å²) < 4.78 is 0. The fourth-order valence-corrected chi connectivity index (χ4v) is 1.65. The Kier molecular flexibility index (Phi) is 4.62. The minimum atomic E-state index is -0.336. The van der Waals surface area contributed by atoms with Crippen molar-refractivity contribution in [3.8, 4) is 0 Å². The third kappa shape index (κ3) is 3.91. The Morgan fingerprint density at radius 2 is 2.40 bits per heavy atom. The Bertz CT molecular complexity index is 251. The lowest BCUT2D eigenvalue weighted by atomic mass is 10.1. The number of nitrogens with zero attached hydrogens (tertiary/aromatic N) is 1. The van der Waals surface area contributed by atoms with Crippen molar-refractivity contribution >= 4 is 5.91 Å². The van der Waals surface area contributed by atoms with Gasteiger partial charge in [0.1, 0.15) is 0 Å². The summed E-state index contributed by atoms with van der Waals surface area (Å²) in [5.41, 5.74) is 1.00. The van der Waals surface area contributed by atoms with E-state index in [0.29, 0.717) is 13.0 Å². The average molecular weight is 212 g/mol. The molecule has 1 aliphatic rings. The summed E-state index contributed by atoms with van der Waals surface area (Å²) in [6, 6.07) is 0. The molecule has 4 heteroatoms. The second kappa shape index (κ2) is 5.75. The highest BCUT2D eigenvalue weighted by atomic mass is 16.3. The molecule has 0 aliphatic carbocycles. The van der Waals surface area contributed by atoms with Crippen LogP contribution in [-0.4, -0.2) is 42.2 Å². The van der Waals surface area contributed by atoms with Gasteiger partial charge in [-0.25, -0.2) is 0 Å². The zero-order valence-electron chi connectivity index (χ0n) is 9.49. The predicted molar refractivity (Wildman–Crippen MR) is 59.3 cm³/mol. The standard InChI is InChI=1S/C11H20N2O2/c1-9(12-2)5-6-11(15)13-7-3-4-10(14)8-13/h5,10,12,14H,3-4,6-8H2,1-2H3/b9-5-. The third-order valence-electron chi connectivity index (χ3n) is 2.73. The van der Waals surface area contributed by atoms with E-state index in [4.69, 9.17) is 0 Å². The van der Waals surface area contributed by atoms with E-state index < -0.39 is 0 Å². The van der Waals surface area contributed by atoms with Crippen LogP contribution in [0.1, 0.15) is 26.2 Å². The van der Waals surface area contributed by atoms with E-state index in [2.05, 4.69) is 5.32 Å². The lowest BCUT2D eigenvalue weighted by Gasteiger charge is -2.29. The number of carbonyl (C=O) groups excluding carboxylic acids is 1. The van der Waals surface area contributed by atoms with Crippen LogP contribution >= 0.6 is 0 Å². The largest absolute Gasteiger partial charge is 0.392 e. The maximum Gasteiger partial charge on any atom is 0.226 e. The molecule has 0 bridgehead atoms. The Labute approximate surface area is 91.0 Å². The van der Waals surface area contributed by atoms with Gasteiger partial charge in [-0.15, -0.1) is 0 Å². The molecule has 1 saturated heterocycles. The molecule has 0 spiro atoms. The van der Waals surface area contributed by atoms with E-state index in [9.17, 15) is 9.90 Å². The predicted octanol–water partition coefficient (Wildman–Crippen LogP) is 0.483. The van der Waals surface area contributed by atoms with Crippen LogP contribution in [0.4, 0.5) is 0 Å². The maximum absolute atomic E-state index is 11.7. The number of amides is 1. The summed E-state index contributed by atoms with van der Waals surface area (Å²) in [6.45, 7) is 3.20. The van der Waals surface area contributed by atoms with E-state index in [-0.39, 0.29) is 12.0 Å². The molecule has 4 nitrogen and oxygen atoms in total. The number of likely N-dealkylation sites (tertiary alicyclic amines) is 1. The summed E-state index contributed by atoms with van der Waals surface area (Å²) in [5, 5.41) is 12.4. The Morgan fingerprint density at radius 1 is 1.67 bits per heavy atom. The zero-order chi connectivity index (χ0) is 11.3. The van der Waals surface area contributed by atoms with Gasteiger partial charge >= 0.3 is 0 Å². The molecular formula is C11H20N2O2. The van der Waals surface area contributed by atoms with Crippen LogP contribution in [0.15, 0.2) is 11.8 Å². The van der Waals surface area contributed by atoms with Crippen LogP contribution in [0.25, 0.3) is 0 Å². The summed E-state index contributed by atoms with van der Waals surface area (Å²) in [5.74, 6) is 0.100. The number of rotatable bonds is 3. The first kappa shape index (κ1) is 12.0. The molecule has 0 aromatic heterocycles. The van der Waals surface area contributed by atoms with Crippen LogP contribution in [0.3, 0.4) is 0 Å². The van der Waals surface area contributed by atoms with E-state index in [1.54, 1.807) is 4.90 Å². The number of hydrogen-bond donors (Lipinski definition) is 2. The number of carbonyl (C=O) groups is 1. The van der Waals surface area contributed by atoms with Crippen molar-refractivity contribution in [1.29, 1.82) is 0 Å². The smallest absolute Gasteiger partial charge is 0.226 e. The molecule has 0 aromatic carbocycles. The Balaban J connectivity index is 2.39. The van der Waals surface area contributed by atoms with Crippen LogP contribution in [0, 0.1) is 0 Å². The van der Waals surface area contributed by atoms with Crippen molar-refractivity contribution in [1.82, 2.24) is 10.2 Å². The van der Waals surface area contributed by atoms with Gasteiger partial charge in [0.15, 0.2) is 0 Å². The number of aliphatic hydroxyl groups excluding tert-OH is 1. The number of piperidine rings is 1. The Hall–Kier alpha value is -1.03. The van der Waals surface area contributed by atoms with Gasteiger partial charge < -0.3 is 15.3 Å². The number of nitrogens with one attached hydrogen (secondary N) is 1. The molecule has 15 heavy (non-hydrogen) atoms. The van der Waals surface area contributed by atoms with Crippen molar-refractivity contribution in [3.05, 3.63) is 11.8 Å². The van der Waals surface area contributed by atoms with Crippen LogP contribution in [0.5, 0.6) is 0 Å². The third-order valence-corrected chi connectivity index (χ3v) is 2.73. The molecular weight excluding hydrogens is 192 g/mol. The highest BCUT2D eigenvalue weighted by Crippen LogP contribution is 2.11. The first-order chi connectivity index (χ1) is 7.13. The molecule has 0 saturated carbocycles. The molecule has 1 rings (SSSR count). The quantitative estimate of drug-likeness (QED) is 0.715. The lowest BCUT2D eigenvalue weighted by Crippen LogP contribution is -2.41. The molecule has 1 amide bonds. The Morgan fingerprint density at radius 3 is 3.00 bits per heavy atom. The van der Waals surface area contributed by atoms with Crippen LogP contribution < -0.4 is 5.32 Å². The first-order valence-corrected chi connectivity index (χ1v) is 5.44. The van der Waals surface area contributed by atoms with Gasteiger partial charge in [0.05, 0.1) is 6.10 Å². The first-order valence-electron chi connectivity index (χ1n) is 5.44. The maximum atomic E-state index is 11.7. The minimum Gasteiger partial charge on any atom is -0.392 e. The molecule has 1 atom stereocenters. The summed E-state index contributed by atoms with van der Waals surface area (Å²) in [7, 11) is 1.83. The lowest BCUT2D eigenvalue weighted by molar-refractivity contribution is -0.133. The number of hydrogen-bond acceptors (Lipinski definition) is 3. The molecule has 1 heterocycles. The highest BCUT2D eigenvalue weighted by Gasteiger charge is 2.20. The SMILES string of the molecule is CN/C(C)=C\CC(=O)N1CCCC(O)C1. The van der Waals surface area contributed by atoms with Crippen molar-refractivity contribution in [3.63, 3.8) is 0 Å². The zero-order valence-corrected chi connectivity index (χ0v) is 9.49. The normalized spacial score (nSPS) is 22.7. The second-order valence-corrected chi connectivity index (χ2v) is 3.98. The van der Waals surface area contributed by atoms with Gasteiger partial charge in [-0.1, -0.05) is 6.08 Å². The van der Waals surface area contributed by atoms with Gasteiger partial charge in [-0.3, -0.25) is 4.79 Å². The van der Waals surface area contributed by atoms with Crippen molar-refractivity contribution in [2.45, 2.75) is 32.3 Å². The van der Waals surface area contributed by atoms with Crippen LogP contribution in [0.2, 0.25) is 0 Å². The van der Waals surface area contributed by atoms with Gasteiger partial charge in [0, 0.05) is 32.3 Å². The van der Waals surface area contributed by atoms with E-state index in [0.717, 1.165) is 25.1 Å².